The van der Waals surface area contributed by atoms with Crippen LogP contribution in [0.2, 0.25) is 0 Å². The highest BCUT2D eigenvalue weighted by atomic mass is 14.0. The van der Waals surface area contributed by atoms with Crippen molar-refractivity contribution in [2.75, 3.05) is 0 Å². The van der Waals surface area contributed by atoms with E-state index in [1.54, 1.807) is 0 Å². The van der Waals surface area contributed by atoms with E-state index in [4.69, 9.17) is 0 Å². The molecule has 0 aliphatic rings. The lowest BCUT2D eigenvalue weighted by Gasteiger charge is -2.02. The van der Waals surface area contributed by atoms with Gasteiger partial charge in [0.1, 0.15) is 0 Å². The number of rotatable bonds is 0. The minimum atomic E-state index is 1.21. The summed E-state index contributed by atoms with van der Waals surface area (Å²) in [5.74, 6) is 0. The van der Waals surface area contributed by atoms with Crippen LogP contribution in [0, 0.1) is 19.9 Å². The fraction of sp³-hybridized carbons (Fsp3) is 0.167. The Balaban J connectivity index is 2.89. The maximum atomic E-state index is 3.31. The summed E-state index contributed by atoms with van der Waals surface area (Å²) < 4.78 is 0. The zero-order valence-corrected chi connectivity index (χ0v) is 7.39. The predicted octanol–water partition coefficient (Wildman–Crippen LogP) is 3.26. The van der Waals surface area contributed by atoms with Gasteiger partial charge in [0.25, 0.3) is 0 Å². The molecule has 0 fully saturated rings. The highest BCUT2D eigenvalue weighted by Gasteiger charge is 1.96. The van der Waals surface area contributed by atoms with Gasteiger partial charge in [0, 0.05) is 0 Å². The van der Waals surface area contributed by atoms with Crippen LogP contribution in [0.4, 0.5) is 0 Å². The molecule has 0 unspecified atom stereocenters. The maximum Gasteiger partial charge on any atom is -0.0113 e. The lowest BCUT2D eigenvalue weighted by Crippen LogP contribution is -1.80. The van der Waals surface area contributed by atoms with Gasteiger partial charge in [-0.05, 0) is 41.8 Å². The van der Waals surface area contributed by atoms with Gasteiger partial charge in [0.2, 0.25) is 0 Å². The summed E-state index contributed by atoms with van der Waals surface area (Å²) in [6, 6.07) is 13.9. The number of hydrogen-bond acceptors (Lipinski definition) is 0. The van der Waals surface area contributed by atoms with E-state index < -0.39 is 0 Å². The van der Waals surface area contributed by atoms with Crippen LogP contribution in [-0.4, -0.2) is 0 Å². The third kappa shape index (κ3) is 1.10. The Morgan fingerprint density at radius 3 is 2.67 bits per heavy atom. The fourth-order valence-electron chi connectivity index (χ4n) is 1.60. The molecule has 2 aromatic rings. The van der Waals surface area contributed by atoms with Gasteiger partial charge in [0.15, 0.2) is 0 Å². The summed E-state index contributed by atoms with van der Waals surface area (Å²) >= 11 is 0. The molecule has 0 aromatic heterocycles. The summed E-state index contributed by atoms with van der Waals surface area (Å²) in [5.41, 5.74) is 2.46. The van der Waals surface area contributed by atoms with E-state index in [1.165, 1.54) is 21.9 Å². The molecule has 0 heteroatoms. The van der Waals surface area contributed by atoms with Crippen molar-refractivity contribution in [1.29, 1.82) is 0 Å². The van der Waals surface area contributed by atoms with Gasteiger partial charge in [-0.1, -0.05) is 30.3 Å². The molecule has 0 spiro atoms. The van der Waals surface area contributed by atoms with Gasteiger partial charge in [-0.15, -0.1) is 0 Å². The molecular weight excluding hydrogens is 144 g/mol. The summed E-state index contributed by atoms with van der Waals surface area (Å²) in [5, 5.41) is 2.62. The predicted molar refractivity (Wildman–Crippen MR) is 52.3 cm³/mol. The summed E-state index contributed by atoms with van der Waals surface area (Å²) in [4.78, 5) is 0. The van der Waals surface area contributed by atoms with E-state index in [1.807, 2.05) is 0 Å². The van der Waals surface area contributed by atoms with E-state index in [-0.39, 0.29) is 0 Å². The SMILES string of the molecule is Cc1[c]c(C)c2ccccc2c1. The van der Waals surface area contributed by atoms with Gasteiger partial charge in [-0.25, -0.2) is 0 Å². The molecule has 0 amide bonds. The number of benzene rings is 2. The molecule has 1 radical (unpaired) electrons. The maximum absolute atomic E-state index is 3.31. The molecule has 0 nitrogen and oxygen atoms in total. The Bertz CT molecular complexity index is 413. The molecule has 0 aliphatic carbocycles. The molecule has 0 bridgehead atoms. The van der Waals surface area contributed by atoms with Crippen molar-refractivity contribution in [3.8, 4) is 0 Å². The van der Waals surface area contributed by atoms with Crippen LogP contribution in [0.5, 0.6) is 0 Å². The van der Waals surface area contributed by atoms with Gasteiger partial charge >= 0.3 is 0 Å². The number of hydrogen-bond donors (Lipinski definition) is 0. The fourth-order valence-corrected chi connectivity index (χ4v) is 1.60. The molecule has 0 N–H and O–H groups in total. The Hall–Kier alpha value is -1.30. The van der Waals surface area contributed by atoms with Crippen molar-refractivity contribution in [3.63, 3.8) is 0 Å². The largest absolute Gasteiger partial charge is 0.0616 e. The molecule has 12 heavy (non-hydrogen) atoms. The first-order valence-corrected chi connectivity index (χ1v) is 4.15. The zero-order valence-electron chi connectivity index (χ0n) is 7.39. The molecule has 0 aliphatic heterocycles. The first-order valence-electron chi connectivity index (χ1n) is 4.15. The van der Waals surface area contributed by atoms with Crippen molar-refractivity contribution in [1.82, 2.24) is 0 Å². The minimum Gasteiger partial charge on any atom is -0.0616 e. The molecule has 0 atom stereocenters. The van der Waals surface area contributed by atoms with E-state index in [0.717, 1.165) is 0 Å². The van der Waals surface area contributed by atoms with Crippen molar-refractivity contribution >= 4 is 10.8 Å². The summed E-state index contributed by atoms with van der Waals surface area (Å²) in [6.07, 6.45) is 0. The highest BCUT2D eigenvalue weighted by molar-refractivity contribution is 5.85. The Labute approximate surface area is 72.8 Å². The standard InChI is InChI=1S/C12H11/c1-9-7-10(2)12-6-4-3-5-11(12)8-9/h3-6,8H,1-2H3. The van der Waals surface area contributed by atoms with Crippen LogP contribution in [-0.2, 0) is 0 Å². The Morgan fingerprint density at radius 1 is 1.08 bits per heavy atom. The van der Waals surface area contributed by atoms with Crippen molar-refractivity contribution in [2.24, 2.45) is 0 Å². The number of fused-ring (bicyclic) bond motifs is 1. The molecule has 0 heterocycles. The van der Waals surface area contributed by atoms with Crippen LogP contribution < -0.4 is 0 Å². The monoisotopic (exact) mass is 155 g/mol. The van der Waals surface area contributed by atoms with Gasteiger partial charge in [-0.2, -0.15) is 0 Å². The quantitative estimate of drug-likeness (QED) is 0.547. The first-order chi connectivity index (χ1) is 5.77. The van der Waals surface area contributed by atoms with Crippen LogP contribution in [0.15, 0.2) is 30.3 Å². The minimum absolute atomic E-state index is 1.21. The van der Waals surface area contributed by atoms with Crippen LogP contribution in [0.1, 0.15) is 11.1 Å². The summed E-state index contributed by atoms with van der Waals surface area (Å²) in [6.45, 7) is 4.19. The third-order valence-corrected chi connectivity index (χ3v) is 2.12. The topological polar surface area (TPSA) is 0 Å². The lowest BCUT2D eigenvalue weighted by atomic mass is 10.0. The van der Waals surface area contributed by atoms with Crippen molar-refractivity contribution < 1.29 is 0 Å². The molecule has 59 valence electrons. The highest BCUT2D eigenvalue weighted by Crippen LogP contribution is 2.18. The number of aryl methyl sites for hydroxylation is 2. The molecule has 2 rings (SSSR count). The molecular formula is C12H11. The van der Waals surface area contributed by atoms with Gasteiger partial charge < -0.3 is 0 Å². The lowest BCUT2D eigenvalue weighted by molar-refractivity contribution is 1.41. The summed E-state index contributed by atoms with van der Waals surface area (Å²) in [7, 11) is 0. The Kier molecular flexibility index (Phi) is 1.61. The third-order valence-electron chi connectivity index (χ3n) is 2.12. The second-order valence-electron chi connectivity index (χ2n) is 3.16. The smallest absolute Gasteiger partial charge is 0.0113 e. The van der Waals surface area contributed by atoms with E-state index in [2.05, 4.69) is 50.2 Å². The van der Waals surface area contributed by atoms with Crippen molar-refractivity contribution in [2.45, 2.75) is 13.8 Å². The average Bonchev–Trinajstić information content (AvgIpc) is 2.04. The van der Waals surface area contributed by atoms with E-state index >= 15 is 0 Å². The van der Waals surface area contributed by atoms with Crippen LogP contribution in [0.25, 0.3) is 10.8 Å². The van der Waals surface area contributed by atoms with Gasteiger partial charge in [-0.3, -0.25) is 0 Å². The molecule has 2 aromatic carbocycles. The second kappa shape index (κ2) is 2.63. The molecule has 0 saturated carbocycles. The van der Waals surface area contributed by atoms with E-state index in [0.29, 0.717) is 0 Å². The first kappa shape index (κ1) is 7.35. The normalized spacial score (nSPS) is 10.5. The Morgan fingerprint density at radius 2 is 1.83 bits per heavy atom. The van der Waals surface area contributed by atoms with Crippen molar-refractivity contribution in [3.05, 3.63) is 47.5 Å². The van der Waals surface area contributed by atoms with Gasteiger partial charge in [0.05, 0.1) is 0 Å². The second-order valence-corrected chi connectivity index (χ2v) is 3.16. The average molecular weight is 155 g/mol. The van der Waals surface area contributed by atoms with Crippen LogP contribution in [0.3, 0.4) is 0 Å². The van der Waals surface area contributed by atoms with E-state index in [9.17, 15) is 0 Å². The molecule has 0 saturated heterocycles. The van der Waals surface area contributed by atoms with Crippen LogP contribution >= 0.6 is 0 Å². The zero-order chi connectivity index (χ0) is 8.55.